The largest absolute Gasteiger partial charge is 0.444 e. The van der Waals surface area contributed by atoms with Gasteiger partial charge in [-0.25, -0.2) is 4.79 Å². The van der Waals surface area contributed by atoms with E-state index < -0.39 is 17.4 Å². The highest BCUT2D eigenvalue weighted by atomic mass is 16.6. The van der Waals surface area contributed by atoms with Gasteiger partial charge >= 0.3 is 6.09 Å². The van der Waals surface area contributed by atoms with Crippen LogP contribution in [0.2, 0.25) is 0 Å². The van der Waals surface area contributed by atoms with Gasteiger partial charge in [0.05, 0.1) is 12.1 Å². The van der Waals surface area contributed by atoms with Crippen molar-refractivity contribution in [3.8, 4) is 0 Å². The summed E-state index contributed by atoms with van der Waals surface area (Å²) in [4.78, 5) is 24.2. The van der Waals surface area contributed by atoms with E-state index in [4.69, 9.17) is 9.47 Å². The van der Waals surface area contributed by atoms with Gasteiger partial charge in [0, 0.05) is 0 Å². The van der Waals surface area contributed by atoms with E-state index in [9.17, 15) is 9.59 Å². The molecule has 1 amide bonds. The molecule has 0 aromatic rings. The first-order chi connectivity index (χ1) is 8.58. The first-order valence-corrected chi connectivity index (χ1v) is 6.40. The van der Waals surface area contributed by atoms with Gasteiger partial charge in [-0.1, -0.05) is 6.08 Å². The van der Waals surface area contributed by atoms with Crippen LogP contribution in [0, 0.1) is 0 Å². The zero-order valence-electron chi connectivity index (χ0n) is 12.5. The van der Waals surface area contributed by atoms with Gasteiger partial charge in [-0.3, -0.25) is 9.69 Å². The SMILES string of the molecule is C[C@@H]1[C@@H](/C=C/C=O)OC(C)(C)N1C(=O)OC(C)(C)C. The Hall–Kier alpha value is -1.36. The first kappa shape index (κ1) is 15.7. The van der Waals surface area contributed by atoms with E-state index in [0.29, 0.717) is 6.29 Å². The Morgan fingerprint density at radius 2 is 1.95 bits per heavy atom. The number of allylic oxidation sites excluding steroid dienone is 1. The summed E-state index contributed by atoms with van der Waals surface area (Å²) in [5.41, 5.74) is -1.32. The molecular weight excluding hydrogens is 246 g/mol. The Labute approximate surface area is 114 Å². The van der Waals surface area contributed by atoms with Gasteiger partial charge < -0.3 is 9.47 Å². The molecule has 0 unspecified atom stereocenters. The summed E-state index contributed by atoms with van der Waals surface area (Å²) >= 11 is 0. The van der Waals surface area contributed by atoms with E-state index in [2.05, 4.69) is 0 Å². The van der Waals surface area contributed by atoms with Crippen LogP contribution in [0.1, 0.15) is 41.5 Å². The average Bonchev–Trinajstić information content (AvgIpc) is 2.43. The molecule has 108 valence electrons. The van der Waals surface area contributed by atoms with Gasteiger partial charge in [0.1, 0.15) is 17.6 Å². The predicted octanol–water partition coefficient (Wildman–Crippen LogP) is 2.50. The van der Waals surface area contributed by atoms with Gasteiger partial charge in [-0.2, -0.15) is 0 Å². The molecule has 1 saturated heterocycles. The van der Waals surface area contributed by atoms with Crippen LogP contribution in [0.15, 0.2) is 12.2 Å². The summed E-state index contributed by atoms with van der Waals surface area (Å²) in [5, 5.41) is 0. The number of ether oxygens (including phenoxy) is 2. The van der Waals surface area contributed by atoms with Crippen molar-refractivity contribution in [2.45, 2.75) is 65.0 Å². The van der Waals surface area contributed by atoms with Crippen LogP contribution in [0.5, 0.6) is 0 Å². The fourth-order valence-electron chi connectivity index (χ4n) is 2.18. The molecule has 0 bridgehead atoms. The van der Waals surface area contributed by atoms with Crippen molar-refractivity contribution in [2.75, 3.05) is 0 Å². The molecule has 0 saturated carbocycles. The van der Waals surface area contributed by atoms with Gasteiger partial charge in [0.2, 0.25) is 0 Å². The topological polar surface area (TPSA) is 55.8 Å². The number of rotatable bonds is 2. The lowest BCUT2D eigenvalue weighted by Gasteiger charge is -2.34. The highest BCUT2D eigenvalue weighted by molar-refractivity contribution is 5.70. The molecule has 0 spiro atoms. The fourth-order valence-corrected chi connectivity index (χ4v) is 2.18. The second-order valence-corrected chi connectivity index (χ2v) is 6.14. The number of nitrogens with zero attached hydrogens (tertiary/aromatic N) is 1. The molecule has 0 radical (unpaired) electrons. The minimum Gasteiger partial charge on any atom is -0.444 e. The van der Waals surface area contributed by atoms with Crippen molar-refractivity contribution in [3.05, 3.63) is 12.2 Å². The molecule has 1 aliphatic rings. The summed E-state index contributed by atoms with van der Waals surface area (Å²) in [6.07, 6.45) is 3.01. The van der Waals surface area contributed by atoms with Crippen molar-refractivity contribution < 1.29 is 19.1 Å². The smallest absolute Gasteiger partial charge is 0.412 e. The predicted molar refractivity (Wildman–Crippen MR) is 71.7 cm³/mol. The maximum Gasteiger partial charge on any atom is 0.412 e. The zero-order chi connectivity index (χ0) is 14.8. The Morgan fingerprint density at radius 3 is 2.42 bits per heavy atom. The Balaban J connectivity index is 2.90. The van der Waals surface area contributed by atoms with E-state index in [-0.39, 0.29) is 12.1 Å². The zero-order valence-corrected chi connectivity index (χ0v) is 12.5. The number of carbonyl (C=O) groups excluding carboxylic acids is 2. The number of aldehydes is 1. The summed E-state index contributed by atoms with van der Waals surface area (Å²) in [6, 6.07) is -0.193. The number of hydrogen-bond acceptors (Lipinski definition) is 4. The average molecular weight is 269 g/mol. The van der Waals surface area contributed by atoms with Crippen LogP contribution < -0.4 is 0 Å². The number of amides is 1. The van der Waals surface area contributed by atoms with Crippen LogP contribution in [-0.2, 0) is 14.3 Å². The Bertz CT molecular complexity index is 381. The van der Waals surface area contributed by atoms with Gasteiger partial charge in [-0.05, 0) is 47.6 Å². The quantitative estimate of drug-likeness (QED) is 0.571. The van der Waals surface area contributed by atoms with Crippen LogP contribution in [-0.4, -0.2) is 40.8 Å². The molecule has 5 nitrogen and oxygen atoms in total. The van der Waals surface area contributed by atoms with E-state index in [1.807, 2.05) is 41.5 Å². The third kappa shape index (κ3) is 3.80. The molecular formula is C14H23NO4. The molecule has 1 fully saturated rings. The highest BCUT2D eigenvalue weighted by Gasteiger charge is 2.48. The van der Waals surface area contributed by atoms with Crippen molar-refractivity contribution in [1.29, 1.82) is 0 Å². The molecule has 2 atom stereocenters. The monoisotopic (exact) mass is 269 g/mol. The maximum atomic E-state index is 12.2. The van der Waals surface area contributed by atoms with Gasteiger partial charge in [0.15, 0.2) is 0 Å². The molecule has 0 aliphatic carbocycles. The van der Waals surface area contributed by atoms with Crippen molar-refractivity contribution in [3.63, 3.8) is 0 Å². The van der Waals surface area contributed by atoms with Gasteiger partial charge in [-0.15, -0.1) is 0 Å². The van der Waals surface area contributed by atoms with E-state index in [0.717, 1.165) is 0 Å². The van der Waals surface area contributed by atoms with Crippen LogP contribution in [0.25, 0.3) is 0 Å². The van der Waals surface area contributed by atoms with Crippen LogP contribution in [0.3, 0.4) is 0 Å². The van der Waals surface area contributed by atoms with Crippen LogP contribution >= 0.6 is 0 Å². The van der Waals surface area contributed by atoms with Crippen molar-refractivity contribution in [2.24, 2.45) is 0 Å². The number of carbonyl (C=O) groups is 2. The first-order valence-electron chi connectivity index (χ1n) is 6.40. The maximum absolute atomic E-state index is 12.2. The lowest BCUT2D eigenvalue weighted by molar-refractivity contribution is -0.104. The van der Waals surface area contributed by atoms with E-state index in [1.54, 1.807) is 11.0 Å². The lowest BCUT2D eigenvalue weighted by atomic mass is 10.1. The Kier molecular flexibility index (Phi) is 4.40. The third-order valence-corrected chi connectivity index (χ3v) is 2.86. The molecule has 0 aromatic carbocycles. The highest BCUT2D eigenvalue weighted by Crippen LogP contribution is 2.33. The summed E-state index contributed by atoms with van der Waals surface area (Å²) in [6.45, 7) is 11.0. The fraction of sp³-hybridized carbons (Fsp3) is 0.714. The van der Waals surface area contributed by atoms with Crippen molar-refractivity contribution in [1.82, 2.24) is 4.90 Å². The Morgan fingerprint density at radius 1 is 1.37 bits per heavy atom. The standard InChI is InChI=1S/C14H23NO4/c1-10-11(8-7-9-16)18-14(5,6)15(10)12(17)19-13(2,3)4/h7-11H,1-6H3/b8-7+/t10-,11-/m1/s1. The molecule has 1 heterocycles. The normalized spacial score (nSPS) is 26.7. The summed E-state index contributed by atoms with van der Waals surface area (Å²) in [7, 11) is 0. The second kappa shape index (κ2) is 5.33. The van der Waals surface area contributed by atoms with Crippen LogP contribution in [0.4, 0.5) is 4.79 Å². The molecule has 5 heteroatoms. The molecule has 0 N–H and O–H groups in total. The second-order valence-electron chi connectivity index (χ2n) is 6.14. The number of hydrogen-bond donors (Lipinski definition) is 0. The third-order valence-electron chi connectivity index (χ3n) is 2.86. The molecule has 19 heavy (non-hydrogen) atoms. The summed E-state index contributed by atoms with van der Waals surface area (Å²) in [5.74, 6) is 0. The van der Waals surface area contributed by atoms with Gasteiger partial charge in [0.25, 0.3) is 0 Å². The lowest BCUT2D eigenvalue weighted by Crippen LogP contribution is -2.49. The molecule has 1 rings (SSSR count). The molecule has 0 aromatic heterocycles. The van der Waals surface area contributed by atoms with E-state index in [1.165, 1.54) is 6.08 Å². The minimum atomic E-state index is -0.764. The van der Waals surface area contributed by atoms with Crippen molar-refractivity contribution >= 4 is 12.4 Å². The summed E-state index contributed by atoms with van der Waals surface area (Å²) < 4.78 is 11.2. The minimum absolute atomic E-state index is 0.193. The molecule has 1 aliphatic heterocycles. The van der Waals surface area contributed by atoms with E-state index >= 15 is 0 Å².